The Morgan fingerprint density at radius 1 is 1.27 bits per heavy atom. The van der Waals surface area contributed by atoms with Crippen molar-refractivity contribution in [2.45, 2.75) is 51.1 Å². The molecule has 2 aliphatic heterocycles. The van der Waals surface area contributed by atoms with Gasteiger partial charge >= 0.3 is 6.09 Å². The Morgan fingerprint density at radius 2 is 1.95 bits per heavy atom. The van der Waals surface area contributed by atoms with Crippen LogP contribution in [0, 0.1) is 0 Å². The molecule has 2 saturated heterocycles. The number of thioether (sulfide) groups is 1. The minimum atomic E-state index is -0.412. The molecule has 0 unspecified atom stereocenters. The summed E-state index contributed by atoms with van der Waals surface area (Å²) in [6.45, 7) is 13.3. The number of ether oxygens (including phenoxy) is 2. The Hall–Kier alpha value is -0.460. The predicted octanol–water partition coefficient (Wildman–Crippen LogP) is 2.45. The molecule has 2 aliphatic rings. The molecule has 0 aromatic heterocycles. The molecule has 0 N–H and O–H groups in total. The Balaban J connectivity index is 1.61. The van der Waals surface area contributed by atoms with Crippen molar-refractivity contribution >= 4 is 17.9 Å². The second-order valence-electron chi connectivity index (χ2n) is 7.08. The smallest absolute Gasteiger partial charge is 0.410 e. The van der Waals surface area contributed by atoms with E-state index in [4.69, 9.17) is 9.47 Å². The third-order valence-electron chi connectivity index (χ3n) is 4.07. The number of carbonyl (C=O) groups excluding carboxylic acids is 1. The van der Waals surface area contributed by atoms with Crippen LogP contribution in [0.25, 0.3) is 0 Å². The lowest BCUT2D eigenvalue weighted by Crippen LogP contribution is -2.50. The highest BCUT2D eigenvalue weighted by Gasteiger charge is 2.27. The molecule has 128 valence electrons. The molecule has 0 aromatic rings. The van der Waals surface area contributed by atoms with Crippen molar-refractivity contribution < 1.29 is 14.3 Å². The monoisotopic (exact) mass is 330 g/mol. The summed E-state index contributed by atoms with van der Waals surface area (Å²) >= 11 is 2.03. The lowest BCUT2D eigenvalue weighted by molar-refractivity contribution is 0.0150. The van der Waals surface area contributed by atoms with Crippen LogP contribution in [0.5, 0.6) is 0 Å². The van der Waals surface area contributed by atoms with Crippen molar-refractivity contribution in [2.75, 3.05) is 45.1 Å². The zero-order chi connectivity index (χ0) is 16.2. The Labute approximate surface area is 138 Å². The number of carbonyl (C=O) groups is 1. The van der Waals surface area contributed by atoms with Gasteiger partial charge in [0.15, 0.2) is 0 Å². The van der Waals surface area contributed by atoms with E-state index in [1.54, 1.807) is 0 Å². The Bertz CT molecular complexity index is 365. The van der Waals surface area contributed by atoms with Crippen LogP contribution >= 0.6 is 11.8 Å². The average Bonchev–Trinajstić information content (AvgIpc) is 2.83. The van der Waals surface area contributed by atoms with E-state index in [1.165, 1.54) is 6.42 Å². The van der Waals surface area contributed by atoms with Gasteiger partial charge in [0.2, 0.25) is 0 Å². The molecule has 22 heavy (non-hydrogen) atoms. The molecular formula is C16H30N2O3S. The van der Waals surface area contributed by atoms with E-state index in [2.05, 4.69) is 11.8 Å². The molecule has 0 spiro atoms. The van der Waals surface area contributed by atoms with Gasteiger partial charge in [-0.1, -0.05) is 0 Å². The number of hydrogen-bond donors (Lipinski definition) is 0. The summed E-state index contributed by atoms with van der Waals surface area (Å²) in [4.78, 5) is 16.3. The van der Waals surface area contributed by atoms with Gasteiger partial charge in [-0.25, -0.2) is 4.79 Å². The van der Waals surface area contributed by atoms with Crippen molar-refractivity contribution in [3.8, 4) is 0 Å². The van der Waals surface area contributed by atoms with Gasteiger partial charge in [0.05, 0.1) is 6.10 Å². The predicted molar refractivity (Wildman–Crippen MR) is 90.5 cm³/mol. The number of amides is 1. The SMILES string of the molecule is C[C@H]1OCC[C@H]1SCCN1CCN(C(=O)OC(C)(C)C)CC1. The molecule has 2 rings (SSSR count). The summed E-state index contributed by atoms with van der Waals surface area (Å²) in [6.07, 6.45) is 1.39. The first-order valence-corrected chi connectivity index (χ1v) is 9.33. The number of hydrogen-bond acceptors (Lipinski definition) is 5. The summed E-state index contributed by atoms with van der Waals surface area (Å²) in [7, 11) is 0. The quantitative estimate of drug-likeness (QED) is 0.792. The molecule has 0 bridgehead atoms. The highest BCUT2D eigenvalue weighted by molar-refractivity contribution is 8.00. The van der Waals surface area contributed by atoms with Gasteiger partial charge in [-0.05, 0) is 34.1 Å². The van der Waals surface area contributed by atoms with Crippen LogP contribution in [0.1, 0.15) is 34.1 Å². The second-order valence-corrected chi connectivity index (χ2v) is 8.43. The summed E-state index contributed by atoms with van der Waals surface area (Å²) in [5.41, 5.74) is -0.412. The lowest BCUT2D eigenvalue weighted by atomic mass is 10.2. The average molecular weight is 330 g/mol. The minimum absolute atomic E-state index is 0.182. The summed E-state index contributed by atoms with van der Waals surface area (Å²) in [6, 6.07) is 0. The number of piperazine rings is 1. The number of rotatable bonds is 4. The number of nitrogens with zero attached hydrogens (tertiary/aromatic N) is 2. The van der Waals surface area contributed by atoms with Crippen LogP contribution in [0.3, 0.4) is 0 Å². The van der Waals surface area contributed by atoms with E-state index in [0.717, 1.165) is 45.1 Å². The third-order valence-corrected chi connectivity index (χ3v) is 5.54. The third kappa shape index (κ3) is 5.63. The first-order valence-electron chi connectivity index (χ1n) is 8.28. The van der Waals surface area contributed by atoms with Gasteiger partial charge < -0.3 is 14.4 Å². The molecule has 0 aromatic carbocycles. The second kappa shape index (κ2) is 7.88. The van der Waals surface area contributed by atoms with Crippen molar-refractivity contribution in [3.63, 3.8) is 0 Å². The summed E-state index contributed by atoms with van der Waals surface area (Å²) in [5, 5.41) is 0.656. The fourth-order valence-corrected chi connectivity index (χ4v) is 4.02. The fourth-order valence-electron chi connectivity index (χ4n) is 2.74. The van der Waals surface area contributed by atoms with Crippen LogP contribution in [-0.2, 0) is 9.47 Å². The van der Waals surface area contributed by atoms with E-state index < -0.39 is 5.60 Å². The zero-order valence-electron chi connectivity index (χ0n) is 14.3. The van der Waals surface area contributed by atoms with Gasteiger partial charge in [-0.3, -0.25) is 4.90 Å². The van der Waals surface area contributed by atoms with Crippen molar-refractivity contribution in [1.82, 2.24) is 9.80 Å². The molecule has 1 amide bonds. The Kier molecular flexibility index (Phi) is 6.41. The maximum Gasteiger partial charge on any atom is 0.410 e. The van der Waals surface area contributed by atoms with Crippen molar-refractivity contribution in [1.29, 1.82) is 0 Å². The van der Waals surface area contributed by atoms with E-state index in [0.29, 0.717) is 11.4 Å². The normalized spacial score (nSPS) is 27.2. The zero-order valence-corrected chi connectivity index (χ0v) is 15.2. The molecular weight excluding hydrogens is 300 g/mol. The molecule has 0 radical (unpaired) electrons. The molecule has 0 saturated carbocycles. The lowest BCUT2D eigenvalue weighted by Gasteiger charge is -2.35. The van der Waals surface area contributed by atoms with Gasteiger partial charge in [-0.2, -0.15) is 11.8 Å². The molecule has 5 nitrogen and oxygen atoms in total. The first-order chi connectivity index (χ1) is 10.3. The standard InChI is InChI=1S/C16H30N2O3S/c1-13-14(5-11-20-13)22-12-10-17-6-8-18(9-7-17)15(19)21-16(2,3)4/h13-14H,5-12H2,1-4H3/t13-,14-/m1/s1. The van der Waals surface area contributed by atoms with Crippen molar-refractivity contribution in [2.24, 2.45) is 0 Å². The largest absolute Gasteiger partial charge is 0.444 e. The van der Waals surface area contributed by atoms with Crippen LogP contribution in [0.2, 0.25) is 0 Å². The van der Waals surface area contributed by atoms with E-state index in [1.807, 2.05) is 37.4 Å². The molecule has 2 heterocycles. The van der Waals surface area contributed by atoms with Crippen LogP contribution in [0.4, 0.5) is 4.79 Å². The van der Waals surface area contributed by atoms with Crippen LogP contribution in [-0.4, -0.2) is 77.9 Å². The first kappa shape index (κ1) is 17.9. The van der Waals surface area contributed by atoms with Crippen LogP contribution < -0.4 is 0 Å². The topological polar surface area (TPSA) is 42.0 Å². The van der Waals surface area contributed by atoms with Gasteiger partial charge in [0.1, 0.15) is 5.60 Å². The van der Waals surface area contributed by atoms with E-state index in [-0.39, 0.29) is 6.09 Å². The fraction of sp³-hybridized carbons (Fsp3) is 0.938. The van der Waals surface area contributed by atoms with E-state index >= 15 is 0 Å². The van der Waals surface area contributed by atoms with Gasteiger partial charge in [0.25, 0.3) is 0 Å². The molecule has 2 fully saturated rings. The highest BCUT2D eigenvalue weighted by Crippen LogP contribution is 2.26. The molecule has 0 aliphatic carbocycles. The minimum Gasteiger partial charge on any atom is -0.444 e. The maximum atomic E-state index is 12.0. The van der Waals surface area contributed by atoms with Crippen molar-refractivity contribution in [3.05, 3.63) is 0 Å². The highest BCUT2D eigenvalue weighted by atomic mass is 32.2. The summed E-state index contributed by atoms with van der Waals surface area (Å²) in [5.74, 6) is 1.14. The summed E-state index contributed by atoms with van der Waals surface area (Å²) < 4.78 is 11.0. The maximum absolute atomic E-state index is 12.0. The van der Waals surface area contributed by atoms with Gasteiger partial charge in [-0.15, -0.1) is 0 Å². The molecule has 2 atom stereocenters. The van der Waals surface area contributed by atoms with Crippen LogP contribution in [0.15, 0.2) is 0 Å². The van der Waals surface area contributed by atoms with E-state index in [9.17, 15) is 4.79 Å². The molecule has 6 heteroatoms. The van der Waals surface area contributed by atoms with Gasteiger partial charge in [0, 0.05) is 50.3 Å². The Morgan fingerprint density at radius 3 is 2.50 bits per heavy atom.